The van der Waals surface area contributed by atoms with Crippen molar-refractivity contribution < 1.29 is 18.4 Å². The van der Waals surface area contributed by atoms with E-state index in [1.54, 1.807) is 0 Å². The number of carbonyl (C=O) groups is 2. The van der Waals surface area contributed by atoms with Crippen LogP contribution in [0.2, 0.25) is 10.3 Å². The van der Waals surface area contributed by atoms with Gasteiger partial charge in [0.25, 0.3) is 0 Å². The quantitative estimate of drug-likeness (QED) is 0.697. The molecule has 0 atom stereocenters. The molecule has 0 spiro atoms. The van der Waals surface area contributed by atoms with Gasteiger partial charge >= 0.3 is 0 Å². The van der Waals surface area contributed by atoms with Crippen LogP contribution < -0.4 is 0 Å². The third kappa shape index (κ3) is 3.59. The van der Waals surface area contributed by atoms with E-state index < -0.39 is 16.8 Å². The first-order valence-corrected chi connectivity index (χ1v) is 9.56. The number of fused-ring (bicyclic) bond motifs is 1. The summed E-state index contributed by atoms with van der Waals surface area (Å²) in [5.74, 6) is -2.08. The monoisotopic (exact) mass is 424 g/mol. The normalized spacial score (nSPS) is 18.9. The predicted octanol–water partition coefficient (Wildman–Crippen LogP) is 3.49. The highest BCUT2D eigenvalue weighted by Gasteiger charge is 2.35. The molecule has 7 nitrogen and oxygen atoms in total. The Morgan fingerprint density at radius 1 is 1.18 bits per heavy atom. The summed E-state index contributed by atoms with van der Waals surface area (Å²) in [7, 11) is 0. The SMILES string of the molecule is O=C1CC(=NCCN2CCCC2)C(=O)c2oc(-c3cc(F)c(Cl)nc3Cl)nc21. The van der Waals surface area contributed by atoms with E-state index in [1.807, 2.05) is 0 Å². The van der Waals surface area contributed by atoms with Gasteiger partial charge in [0.1, 0.15) is 5.15 Å². The first kappa shape index (κ1) is 19.2. The van der Waals surface area contributed by atoms with E-state index in [2.05, 4.69) is 19.9 Å². The smallest absolute Gasteiger partial charge is 0.244 e. The minimum Gasteiger partial charge on any atom is -0.432 e. The Hall–Kier alpha value is -2.16. The van der Waals surface area contributed by atoms with Gasteiger partial charge in [-0.1, -0.05) is 23.2 Å². The number of oxazole rings is 1. The number of likely N-dealkylation sites (tertiary alicyclic amines) is 1. The molecule has 0 saturated carbocycles. The van der Waals surface area contributed by atoms with Crippen LogP contribution in [0.1, 0.15) is 40.3 Å². The van der Waals surface area contributed by atoms with Crippen LogP contribution in [-0.2, 0) is 0 Å². The molecule has 4 rings (SSSR count). The molecule has 28 heavy (non-hydrogen) atoms. The highest BCUT2D eigenvalue weighted by Crippen LogP contribution is 2.32. The van der Waals surface area contributed by atoms with Crippen molar-refractivity contribution in [1.82, 2.24) is 14.9 Å². The topological polar surface area (TPSA) is 88.7 Å². The average Bonchev–Trinajstić information content (AvgIpc) is 3.32. The standard InChI is InChI=1S/C18H15Cl2FN4O3/c19-16-9(7-10(21)17(20)24-16)18-23-13-12(26)8-11(14(27)15(13)28-18)22-3-6-25-4-1-2-5-25/h7H,1-6,8H2. The van der Waals surface area contributed by atoms with Crippen LogP contribution in [0.5, 0.6) is 0 Å². The lowest BCUT2D eigenvalue weighted by atomic mass is 9.97. The number of pyridine rings is 1. The number of rotatable bonds is 4. The Balaban J connectivity index is 1.60. The van der Waals surface area contributed by atoms with Gasteiger partial charge < -0.3 is 9.32 Å². The number of Topliss-reactive ketones (excluding diaryl/α,β-unsaturated/α-hetero) is 2. The third-order valence-corrected chi connectivity index (χ3v) is 5.28. The van der Waals surface area contributed by atoms with Gasteiger partial charge in [0.2, 0.25) is 17.4 Å². The van der Waals surface area contributed by atoms with Crippen LogP contribution in [0, 0.1) is 5.82 Å². The van der Waals surface area contributed by atoms with Crippen LogP contribution >= 0.6 is 23.2 Å². The van der Waals surface area contributed by atoms with Crippen molar-refractivity contribution in [1.29, 1.82) is 0 Å². The summed E-state index contributed by atoms with van der Waals surface area (Å²) >= 11 is 11.6. The number of aliphatic imine (C=N–C) groups is 1. The molecule has 1 aliphatic carbocycles. The molecule has 0 radical (unpaired) electrons. The van der Waals surface area contributed by atoms with Crippen LogP contribution in [0.15, 0.2) is 15.5 Å². The van der Waals surface area contributed by atoms with Gasteiger partial charge in [-0.25, -0.2) is 14.4 Å². The second-order valence-electron chi connectivity index (χ2n) is 6.60. The summed E-state index contributed by atoms with van der Waals surface area (Å²) in [5, 5.41) is -0.547. The minimum atomic E-state index is -0.820. The summed E-state index contributed by atoms with van der Waals surface area (Å²) in [6, 6.07) is 0.995. The third-order valence-electron chi connectivity index (χ3n) is 4.72. The van der Waals surface area contributed by atoms with E-state index in [9.17, 15) is 14.0 Å². The van der Waals surface area contributed by atoms with Crippen molar-refractivity contribution in [3.63, 3.8) is 0 Å². The van der Waals surface area contributed by atoms with Gasteiger partial charge in [-0.05, 0) is 32.0 Å². The molecule has 1 fully saturated rings. The van der Waals surface area contributed by atoms with Crippen molar-refractivity contribution in [2.45, 2.75) is 19.3 Å². The Kier molecular flexibility index (Phi) is 5.27. The van der Waals surface area contributed by atoms with E-state index in [-0.39, 0.29) is 46.0 Å². The molecule has 0 unspecified atom stereocenters. The van der Waals surface area contributed by atoms with Gasteiger partial charge in [0.15, 0.2) is 22.4 Å². The maximum atomic E-state index is 13.7. The number of hydrogen-bond acceptors (Lipinski definition) is 7. The first-order valence-electron chi connectivity index (χ1n) is 8.80. The van der Waals surface area contributed by atoms with Gasteiger partial charge in [0.05, 0.1) is 24.2 Å². The number of nitrogens with zero attached hydrogens (tertiary/aromatic N) is 4. The van der Waals surface area contributed by atoms with Crippen LogP contribution in [0.3, 0.4) is 0 Å². The van der Waals surface area contributed by atoms with E-state index in [1.165, 1.54) is 12.8 Å². The summed E-state index contributed by atoms with van der Waals surface area (Å²) < 4.78 is 19.2. The number of hydrogen-bond donors (Lipinski definition) is 0. The molecule has 3 heterocycles. The molecule has 0 amide bonds. The van der Waals surface area contributed by atoms with Crippen molar-refractivity contribution in [3.05, 3.63) is 33.6 Å². The summed E-state index contributed by atoms with van der Waals surface area (Å²) in [5.41, 5.74) is 0.0434. The second kappa shape index (κ2) is 7.69. The molecule has 10 heteroatoms. The van der Waals surface area contributed by atoms with Crippen LogP contribution in [-0.4, -0.2) is 58.3 Å². The maximum absolute atomic E-state index is 13.7. The molecular weight excluding hydrogens is 410 g/mol. The van der Waals surface area contributed by atoms with Crippen molar-refractivity contribution in [2.24, 2.45) is 4.99 Å². The molecule has 2 aliphatic rings. The largest absolute Gasteiger partial charge is 0.432 e. The molecule has 0 aromatic carbocycles. The van der Waals surface area contributed by atoms with E-state index in [0.717, 1.165) is 25.7 Å². The molecule has 1 saturated heterocycles. The molecule has 0 bridgehead atoms. The maximum Gasteiger partial charge on any atom is 0.244 e. The number of carbonyl (C=O) groups excluding carboxylic acids is 2. The Morgan fingerprint density at radius 3 is 2.68 bits per heavy atom. The Labute approximate surface area is 169 Å². The van der Waals surface area contributed by atoms with Gasteiger partial charge in [-0.2, -0.15) is 0 Å². The van der Waals surface area contributed by atoms with Gasteiger partial charge in [-0.15, -0.1) is 0 Å². The zero-order valence-corrected chi connectivity index (χ0v) is 16.2. The average molecular weight is 425 g/mol. The lowest BCUT2D eigenvalue weighted by Crippen LogP contribution is -2.28. The summed E-state index contributed by atoms with van der Waals surface area (Å²) in [4.78, 5) is 39.3. The Morgan fingerprint density at radius 2 is 1.93 bits per heavy atom. The lowest BCUT2D eigenvalue weighted by Gasteiger charge is -2.13. The minimum absolute atomic E-state index is 0.00564. The highest BCUT2D eigenvalue weighted by atomic mass is 35.5. The molecule has 2 aromatic rings. The van der Waals surface area contributed by atoms with E-state index >= 15 is 0 Å². The highest BCUT2D eigenvalue weighted by molar-refractivity contribution is 6.51. The number of ketones is 2. The molecule has 2 aromatic heterocycles. The van der Waals surface area contributed by atoms with Crippen molar-refractivity contribution in [3.8, 4) is 11.5 Å². The van der Waals surface area contributed by atoms with Crippen LogP contribution in [0.4, 0.5) is 4.39 Å². The first-order chi connectivity index (χ1) is 13.4. The Bertz CT molecular complexity index is 999. The van der Waals surface area contributed by atoms with Gasteiger partial charge in [-0.3, -0.25) is 14.6 Å². The van der Waals surface area contributed by atoms with Crippen molar-refractivity contribution in [2.75, 3.05) is 26.2 Å². The molecular formula is C18H15Cl2FN4O3. The van der Waals surface area contributed by atoms with Crippen LogP contribution in [0.25, 0.3) is 11.5 Å². The fourth-order valence-electron chi connectivity index (χ4n) is 3.28. The number of halogens is 3. The lowest BCUT2D eigenvalue weighted by molar-refractivity contribution is 0.0949. The summed E-state index contributed by atoms with van der Waals surface area (Å²) in [6.45, 7) is 3.23. The zero-order valence-electron chi connectivity index (χ0n) is 14.7. The molecule has 0 N–H and O–H groups in total. The molecule has 1 aliphatic heterocycles. The summed E-state index contributed by atoms with van der Waals surface area (Å²) in [6.07, 6.45) is 2.20. The predicted molar refractivity (Wildman–Crippen MR) is 101 cm³/mol. The fourth-order valence-corrected chi connectivity index (χ4v) is 3.68. The van der Waals surface area contributed by atoms with Gasteiger partial charge in [0, 0.05) is 6.54 Å². The molecule has 146 valence electrons. The van der Waals surface area contributed by atoms with E-state index in [4.69, 9.17) is 27.6 Å². The zero-order chi connectivity index (χ0) is 19.8. The van der Waals surface area contributed by atoms with E-state index in [0.29, 0.717) is 6.54 Å². The second-order valence-corrected chi connectivity index (χ2v) is 7.32. The number of aromatic nitrogens is 2. The van der Waals surface area contributed by atoms with Crippen molar-refractivity contribution >= 4 is 40.5 Å². The fraction of sp³-hybridized carbons (Fsp3) is 0.389.